The third-order valence-corrected chi connectivity index (χ3v) is 5.57. The number of H-pyrrole nitrogens is 1. The van der Waals surface area contributed by atoms with Gasteiger partial charge in [0, 0.05) is 30.6 Å². The van der Waals surface area contributed by atoms with Crippen LogP contribution in [0.4, 0.5) is 0 Å². The highest BCUT2D eigenvalue weighted by Crippen LogP contribution is 2.32. The van der Waals surface area contributed by atoms with E-state index in [4.69, 9.17) is 0 Å². The van der Waals surface area contributed by atoms with Crippen molar-refractivity contribution in [3.63, 3.8) is 0 Å². The van der Waals surface area contributed by atoms with Gasteiger partial charge in [-0.1, -0.05) is 48.0 Å². The van der Waals surface area contributed by atoms with E-state index in [2.05, 4.69) is 65.4 Å². The number of rotatable bonds is 4. The van der Waals surface area contributed by atoms with Gasteiger partial charge in [0.15, 0.2) is 5.82 Å². The third kappa shape index (κ3) is 3.43. The first-order valence-corrected chi connectivity index (χ1v) is 9.51. The Bertz CT molecular complexity index is 949. The summed E-state index contributed by atoms with van der Waals surface area (Å²) in [5.41, 5.74) is 3.96. The molecular weight excluding hydrogens is 350 g/mol. The molecule has 0 saturated carbocycles. The molecule has 1 amide bonds. The zero-order valence-corrected chi connectivity index (χ0v) is 16.5. The smallest absolute Gasteiger partial charge is 0.254 e. The van der Waals surface area contributed by atoms with Gasteiger partial charge in [0.25, 0.3) is 5.91 Å². The lowest BCUT2D eigenvalue weighted by Crippen LogP contribution is -2.36. The van der Waals surface area contributed by atoms with Crippen molar-refractivity contribution >= 4 is 5.91 Å². The van der Waals surface area contributed by atoms with E-state index < -0.39 is 0 Å². The first kappa shape index (κ1) is 18.4. The Balaban J connectivity index is 1.64. The molecule has 4 rings (SSSR count). The second-order valence-corrected chi connectivity index (χ2v) is 7.64. The fourth-order valence-electron chi connectivity index (χ4n) is 4.00. The number of hydrogen-bond donors (Lipinski definition) is 1. The molecule has 1 aliphatic rings. The largest absolute Gasteiger partial charge is 0.336 e. The normalized spacial score (nSPS) is 19.4. The van der Waals surface area contributed by atoms with Crippen LogP contribution in [0.25, 0.3) is 11.4 Å². The fourth-order valence-corrected chi connectivity index (χ4v) is 4.00. The summed E-state index contributed by atoms with van der Waals surface area (Å²) in [5.74, 6) is 0.938. The number of benzene rings is 2. The molecule has 6 nitrogen and oxygen atoms in total. The SMILES string of the molecule is Cc1ccc(C2CN(C(=O)c3ccccc3-c3ncn[nH]3)CC2N(C)C)cc1. The molecular formula is C22H25N5O. The molecule has 2 aromatic carbocycles. The molecule has 28 heavy (non-hydrogen) atoms. The molecule has 0 aliphatic carbocycles. The number of aromatic amines is 1. The summed E-state index contributed by atoms with van der Waals surface area (Å²) in [4.78, 5) is 21.8. The molecule has 2 heterocycles. The van der Waals surface area contributed by atoms with Crippen LogP contribution in [-0.4, -0.2) is 64.1 Å². The van der Waals surface area contributed by atoms with E-state index in [1.54, 1.807) is 0 Å². The lowest BCUT2D eigenvalue weighted by molar-refractivity contribution is 0.0783. The number of hydrogen-bond acceptors (Lipinski definition) is 4. The minimum Gasteiger partial charge on any atom is -0.336 e. The number of aromatic nitrogens is 3. The van der Waals surface area contributed by atoms with E-state index in [0.717, 1.165) is 5.56 Å². The second-order valence-electron chi connectivity index (χ2n) is 7.64. The van der Waals surface area contributed by atoms with Gasteiger partial charge in [0.05, 0.1) is 5.56 Å². The Morgan fingerprint density at radius 2 is 1.86 bits per heavy atom. The van der Waals surface area contributed by atoms with Gasteiger partial charge in [0.2, 0.25) is 0 Å². The first-order chi connectivity index (χ1) is 13.5. The van der Waals surface area contributed by atoms with Crippen LogP contribution in [-0.2, 0) is 0 Å². The van der Waals surface area contributed by atoms with Crippen LogP contribution in [0.5, 0.6) is 0 Å². The van der Waals surface area contributed by atoms with Crippen LogP contribution in [0.3, 0.4) is 0 Å². The van der Waals surface area contributed by atoms with E-state index in [9.17, 15) is 4.79 Å². The number of carbonyl (C=O) groups is 1. The van der Waals surface area contributed by atoms with Crippen LogP contribution >= 0.6 is 0 Å². The molecule has 1 aromatic heterocycles. The maximum absolute atomic E-state index is 13.4. The van der Waals surface area contributed by atoms with E-state index in [-0.39, 0.29) is 17.9 Å². The summed E-state index contributed by atoms with van der Waals surface area (Å²) in [7, 11) is 4.17. The number of likely N-dealkylation sites (tertiary alicyclic amines) is 1. The number of nitrogens with zero attached hydrogens (tertiary/aromatic N) is 4. The van der Waals surface area contributed by atoms with Gasteiger partial charge in [-0.05, 0) is 32.6 Å². The van der Waals surface area contributed by atoms with Gasteiger partial charge in [-0.25, -0.2) is 4.98 Å². The van der Waals surface area contributed by atoms with Crippen molar-refractivity contribution in [2.75, 3.05) is 27.2 Å². The lowest BCUT2D eigenvalue weighted by Gasteiger charge is -2.25. The molecule has 0 bridgehead atoms. The van der Waals surface area contributed by atoms with Gasteiger partial charge in [-0.2, -0.15) is 5.10 Å². The number of amides is 1. The Morgan fingerprint density at radius 1 is 1.11 bits per heavy atom. The van der Waals surface area contributed by atoms with Gasteiger partial charge >= 0.3 is 0 Å². The van der Waals surface area contributed by atoms with Crippen LogP contribution in [0.1, 0.15) is 27.4 Å². The number of nitrogens with one attached hydrogen (secondary N) is 1. The second kappa shape index (κ2) is 7.56. The highest BCUT2D eigenvalue weighted by molar-refractivity contribution is 6.00. The molecule has 1 aliphatic heterocycles. The van der Waals surface area contributed by atoms with Crippen molar-refractivity contribution in [1.82, 2.24) is 25.0 Å². The van der Waals surface area contributed by atoms with Crippen molar-refractivity contribution in [2.45, 2.75) is 18.9 Å². The molecule has 144 valence electrons. The predicted molar refractivity (Wildman–Crippen MR) is 109 cm³/mol. The Morgan fingerprint density at radius 3 is 2.54 bits per heavy atom. The van der Waals surface area contributed by atoms with Crippen molar-refractivity contribution in [3.8, 4) is 11.4 Å². The highest BCUT2D eigenvalue weighted by Gasteiger charge is 2.38. The van der Waals surface area contributed by atoms with Gasteiger partial charge in [0.1, 0.15) is 6.33 Å². The summed E-state index contributed by atoms with van der Waals surface area (Å²) >= 11 is 0. The summed E-state index contributed by atoms with van der Waals surface area (Å²) in [6, 6.07) is 16.5. The van der Waals surface area contributed by atoms with Gasteiger partial charge < -0.3 is 9.80 Å². The topological polar surface area (TPSA) is 65.1 Å². The minimum atomic E-state index is 0.0356. The lowest BCUT2D eigenvalue weighted by atomic mass is 9.93. The Labute approximate surface area is 165 Å². The van der Waals surface area contributed by atoms with Crippen LogP contribution in [0.15, 0.2) is 54.9 Å². The maximum Gasteiger partial charge on any atom is 0.254 e. The van der Waals surface area contributed by atoms with E-state index >= 15 is 0 Å². The molecule has 0 radical (unpaired) electrons. The van der Waals surface area contributed by atoms with Crippen molar-refractivity contribution in [1.29, 1.82) is 0 Å². The summed E-state index contributed by atoms with van der Waals surface area (Å²) in [5, 5.41) is 6.79. The van der Waals surface area contributed by atoms with E-state index in [1.165, 1.54) is 17.5 Å². The average Bonchev–Trinajstić information content (AvgIpc) is 3.38. The van der Waals surface area contributed by atoms with Crippen LogP contribution < -0.4 is 0 Å². The molecule has 0 spiro atoms. The van der Waals surface area contributed by atoms with Gasteiger partial charge in [-0.3, -0.25) is 9.89 Å². The number of aryl methyl sites for hydroxylation is 1. The summed E-state index contributed by atoms with van der Waals surface area (Å²) in [6.45, 7) is 3.50. The molecule has 2 atom stereocenters. The summed E-state index contributed by atoms with van der Waals surface area (Å²) < 4.78 is 0. The third-order valence-electron chi connectivity index (χ3n) is 5.57. The molecule has 1 fully saturated rings. The Kier molecular flexibility index (Phi) is 4.96. The monoisotopic (exact) mass is 375 g/mol. The van der Waals surface area contributed by atoms with Crippen LogP contribution in [0.2, 0.25) is 0 Å². The fraction of sp³-hybridized carbons (Fsp3) is 0.318. The minimum absolute atomic E-state index is 0.0356. The summed E-state index contributed by atoms with van der Waals surface area (Å²) in [6.07, 6.45) is 1.46. The number of likely N-dealkylation sites (N-methyl/N-ethyl adjacent to an activating group) is 1. The van der Waals surface area contributed by atoms with Gasteiger partial charge in [-0.15, -0.1) is 0 Å². The quantitative estimate of drug-likeness (QED) is 0.761. The van der Waals surface area contributed by atoms with E-state index in [0.29, 0.717) is 24.5 Å². The molecule has 6 heteroatoms. The van der Waals surface area contributed by atoms with Crippen LogP contribution in [0, 0.1) is 6.92 Å². The standard InChI is InChI=1S/C22H25N5O/c1-15-8-10-16(11-9-15)19-12-27(13-20(19)26(2)3)22(28)18-7-5-4-6-17(18)21-23-14-24-25-21/h4-11,14,19-20H,12-13H2,1-3H3,(H,23,24,25). The van der Waals surface area contributed by atoms with Crippen molar-refractivity contribution in [3.05, 3.63) is 71.5 Å². The molecule has 1 N–H and O–H groups in total. The number of carbonyl (C=O) groups excluding carboxylic acids is 1. The van der Waals surface area contributed by atoms with E-state index in [1.807, 2.05) is 29.2 Å². The van der Waals surface area contributed by atoms with Crippen molar-refractivity contribution in [2.24, 2.45) is 0 Å². The molecule has 1 saturated heterocycles. The maximum atomic E-state index is 13.4. The zero-order valence-electron chi connectivity index (χ0n) is 16.5. The molecule has 2 unspecified atom stereocenters. The first-order valence-electron chi connectivity index (χ1n) is 9.51. The zero-order chi connectivity index (χ0) is 19.7. The predicted octanol–water partition coefficient (Wildman–Crippen LogP) is 2.95. The molecule has 3 aromatic rings. The Hall–Kier alpha value is -2.99. The highest BCUT2D eigenvalue weighted by atomic mass is 16.2. The average molecular weight is 375 g/mol. The van der Waals surface area contributed by atoms with Crippen molar-refractivity contribution < 1.29 is 4.79 Å².